The standard InChI is InChI=1S/C13H20N2O/c1-10-4-5-12(8-11(10)2)9-13(16)15-7-6-14-3/h4-5,8,14H,6-7,9H2,1-3H3,(H,15,16). The molecule has 0 aliphatic heterocycles. The van der Waals surface area contributed by atoms with Crippen LogP contribution < -0.4 is 10.6 Å². The van der Waals surface area contributed by atoms with Crippen molar-refractivity contribution >= 4 is 5.91 Å². The zero-order valence-corrected chi connectivity index (χ0v) is 10.3. The zero-order valence-electron chi connectivity index (χ0n) is 10.3. The summed E-state index contributed by atoms with van der Waals surface area (Å²) in [5, 5.41) is 5.85. The van der Waals surface area contributed by atoms with Crippen molar-refractivity contribution in [3.8, 4) is 0 Å². The third-order valence-electron chi connectivity index (χ3n) is 2.63. The molecular formula is C13H20N2O. The molecule has 1 rings (SSSR count). The number of carbonyl (C=O) groups excluding carboxylic acids is 1. The van der Waals surface area contributed by atoms with Crippen LogP contribution in [0.25, 0.3) is 0 Å². The largest absolute Gasteiger partial charge is 0.355 e. The molecule has 0 saturated heterocycles. The molecule has 0 radical (unpaired) electrons. The highest BCUT2D eigenvalue weighted by Crippen LogP contribution is 2.10. The maximum absolute atomic E-state index is 11.5. The van der Waals surface area contributed by atoms with Crippen molar-refractivity contribution in [1.82, 2.24) is 10.6 Å². The third-order valence-corrected chi connectivity index (χ3v) is 2.63. The van der Waals surface area contributed by atoms with Crippen LogP contribution in [0, 0.1) is 13.8 Å². The van der Waals surface area contributed by atoms with Gasteiger partial charge in [0.25, 0.3) is 0 Å². The van der Waals surface area contributed by atoms with Crippen molar-refractivity contribution in [2.45, 2.75) is 20.3 Å². The second-order valence-corrected chi connectivity index (χ2v) is 4.05. The van der Waals surface area contributed by atoms with Gasteiger partial charge in [0.1, 0.15) is 0 Å². The van der Waals surface area contributed by atoms with E-state index in [2.05, 4.69) is 36.6 Å². The fourth-order valence-electron chi connectivity index (χ4n) is 1.49. The van der Waals surface area contributed by atoms with Crippen molar-refractivity contribution in [3.63, 3.8) is 0 Å². The number of carbonyl (C=O) groups is 1. The minimum absolute atomic E-state index is 0.0819. The van der Waals surface area contributed by atoms with E-state index in [9.17, 15) is 4.79 Å². The Kier molecular flexibility index (Phi) is 4.99. The molecule has 0 spiro atoms. The first-order valence-electron chi connectivity index (χ1n) is 5.61. The van der Waals surface area contributed by atoms with Crippen LogP contribution in [-0.2, 0) is 11.2 Å². The minimum atomic E-state index is 0.0819. The smallest absolute Gasteiger partial charge is 0.224 e. The van der Waals surface area contributed by atoms with Crippen molar-refractivity contribution in [2.24, 2.45) is 0 Å². The van der Waals surface area contributed by atoms with Gasteiger partial charge in [0.05, 0.1) is 6.42 Å². The van der Waals surface area contributed by atoms with Crippen molar-refractivity contribution in [2.75, 3.05) is 20.1 Å². The van der Waals surface area contributed by atoms with Crippen LogP contribution in [0.15, 0.2) is 18.2 Å². The highest BCUT2D eigenvalue weighted by atomic mass is 16.1. The number of hydrogen-bond acceptors (Lipinski definition) is 2. The summed E-state index contributed by atoms with van der Waals surface area (Å²) in [4.78, 5) is 11.5. The fraction of sp³-hybridized carbons (Fsp3) is 0.462. The van der Waals surface area contributed by atoms with E-state index in [1.54, 1.807) is 0 Å². The molecule has 0 aromatic heterocycles. The first-order chi connectivity index (χ1) is 7.63. The van der Waals surface area contributed by atoms with Crippen LogP contribution in [0.3, 0.4) is 0 Å². The Labute approximate surface area is 97.2 Å². The van der Waals surface area contributed by atoms with Crippen LogP contribution in [0.4, 0.5) is 0 Å². The van der Waals surface area contributed by atoms with E-state index < -0.39 is 0 Å². The molecular weight excluding hydrogens is 200 g/mol. The molecule has 0 bridgehead atoms. The lowest BCUT2D eigenvalue weighted by molar-refractivity contribution is -0.120. The molecule has 88 valence electrons. The summed E-state index contributed by atoms with van der Waals surface area (Å²) < 4.78 is 0. The van der Waals surface area contributed by atoms with Crippen LogP contribution in [0.1, 0.15) is 16.7 Å². The molecule has 1 aromatic carbocycles. The summed E-state index contributed by atoms with van der Waals surface area (Å²) >= 11 is 0. The molecule has 1 amide bonds. The lowest BCUT2D eigenvalue weighted by atomic mass is 10.0. The highest BCUT2D eigenvalue weighted by Gasteiger charge is 2.03. The normalized spacial score (nSPS) is 10.2. The second kappa shape index (κ2) is 6.28. The predicted octanol–water partition coefficient (Wildman–Crippen LogP) is 1.18. The van der Waals surface area contributed by atoms with E-state index in [-0.39, 0.29) is 5.91 Å². The Morgan fingerprint density at radius 1 is 1.19 bits per heavy atom. The Hall–Kier alpha value is -1.35. The second-order valence-electron chi connectivity index (χ2n) is 4.05. The lowest BCUT2D eigenvalue weighted by Gasteiger charge is -2.06. The lowest BCUT2D eigenvalue weighted by Crippen LogP contribution is -2.31. The number of nitrogens with one attached hydrogen (secondary N) is 2. The van der Waals surface area contributed by atoms with E-state index in [1.165, 1.54) is 11.1 Å². The van der Waals surface area contributed by atoms with E-state index in [0.717, 1.165) is 12.1 Å². The summed E-state index contributed by atoms with van der Waals surface area (Å²) in [5.41, 5.74) is 3.57. The van der Waals surface area contributed by atoms with Crippen LogP contribution in [0.5, 0.6) is 0 Å². The van der Waals surface area contributed by atoms with Gasteiger partial charge in [0.15, 0.2) is 0 Å². The van der Waals surface area contributed by atoms with E-state index >= 15 is 0 Å². The topological polar surface area (TPSA) is 41.1 Å². The van der Waals surface area contributed by atoms with Crippen molar-refractivity contribution in [3.05, 3.63) is 34.9 Å². The number of aryl methyl sites for hydroxylation is 2. The average molecular weight is 220 g/mol. The zero-order chi connectivity index (χ0) is 12.0. The number of amides is 1. The number of hydrogen-bond donors (Lipinski definition) is 2. The summed E-state index contributed by atoms with van der Waals surface area (Å²) in [7, 11) is 1.87. The molecule has 1 aromatic rings. The van der Waals surface area contributed by atoms with Crippen molar-refractivity contribution < 1.29 is 4.79 Å². The van der Waals surface area contributed by atoms with Crippen LogP contribution in [-0.4, -0.2) is 26.0 Å². The molecule has 0 unspecified atom stereocenters. The number of benzene rings is 1. The van der Waals surface area contributed by atoms with Gasteiger partial charge in [-0.05, 0) is 37.6 Å². The van der Waals surface area contributed by atoms with Gasteiger partial charge in [-0.3, -0.25) is 4.79 Å². The molecule has 3 nitrogen and oxygen atoms in total. The van der Waals surface area contributed by atoms with E-state index in [4.69, 9.17) is 0 Å². The third kappa shape index (κ3) is 4.03. The highest BCUT2D eigenvalue weighted by molar-refractivity contribution is 5.78. The molecule has 0 aliphatic carbocycles. The van der Waals surface area contributed by atoms with Gasteiger partial charge in [0, 0.05) is 13.1 Å². The van der Waals surface area contributed by atoms with Gasteiger partial charge in [0.2, 0.25) is 5.91 Å². The molecule has 0 fully saturated rings. The van der Waals surface area contributed by atoms with E-state index in [1.807, 2.05) is 13.1 Å². The Balaban J connectivity index is 2.46. The van der Waals surface area contributed by atoms with Gasteiger partial charge in [-0.25, -0.2) is 0 Å². The Morgan fingerprint density at radius 2 is 1.94 bits per heavy atom. The minimum Gasteiger partial charge on any atom is -0.355 e. The average Bonchev–Trinajstić information content (AvgIpc) is 2.24. The monoisotopic (exact) mass is 220 g/mol. The molecule has 0 saturated carbocycles. The van der Waals surface area contributed by atoms with Gasteiger partial charge >= 0.3 is 0 Å². The number of likely N-dealkylation sites (N-methyl/N-ethyl adjacent to an activating group) is 1. The summed E-state index contributed by atoms with van der Waals surface area (Å²) in [6.45, 7) is 5.63. The first kappa shape index (κ1) is 12.7. The SMILES string of the molecule is CNCCNC(=O)Cc1ccc(C)c(C)c1. The Bertz CT molecular complexity index is 361. The Morgan fingerprint density at radius 3 is 2.56 bits per heavy atom. The van der Waals surface area contributed by atoms with Crippen molar-refractivity contribution in [1.29, 1.82) is 0 Å². The number of rotatable bonds is 5. The van der Waals surface area contributed by atoms with Crippen LogP contribution >= 0.6 is 0 Å². The summed E-state index contributed by atoms with van der Waals surface area (Å²) in [6.07, 6.45) is 0.463. The van der Waals surface area contributed by atoms with Crippen LogP contribution in [0.2, 0.25) is 0 Å². The first-order valence-corrected chi connectivity index (χ1v) is 5.61. The molecule has 0 heterocycles. The van der Waals surface area contributed by atoms with Gasteiger partial charge in [-0.15, -0.1) is 0 Å². The predicted molar refractivity (Wildman–Crippen MR) is 66.6 cm³/mol. The molecule has 2 N–H and O–H groups in total. The van der Waals surface area contributed by atoms with Gasteiger partial charge in [-0.2, -0.15) is 0 Å². The molecule has 0 atom stereocenters. The molecule has 16 heavy (non-hydrogen) atoms. The van der Waals surface area contributed by atoms with Gasteiger partial charge < -0.3 is 10.6 Å². The maximum Gasteiger partial charge on any atom is 0.224 e. The van der Waals surface area contributed by atoms with E-state index in [0.29, 0.717) is 13.0 Å². The fourth-order valence-corrected chi connectivity index (χ4v) is 1.49. The molecule has 3 heteroatoms. The summed E-state index contributed by atoms with van der Waals surface area (Å²) in [5.74, 6) is 0.0819. The molecule has 0 aliphatic rings. The summed E-state index contributed by atoms with van der Waals surface area (Å²) in [6, 6.07) is 6.15. The quantitative estimate of drug-likeness (QED) is 0.732. The maximum atomic E-state index is 11.5. The van der Waals surface area contributed by atoms with Gasteiger partial charge in [-0.1, -0.05) is 18.2 Å².